The Morgan fingerprint density at radius 2 is 2.31 bits per heavy atom. The van der Waals surface area contributed by atoms with E-state index in [-0.39, 0.29) is 4.58 Å². The minimum atomic E-state index is -0.771. The van der Waals surface area contributed by atoms with Gasteiger partial charge in [-0.2, -0.15) is 0 Å². The molecule has 0 saturated heterocycles. The standard InChI is InChI=1S/C9H16OS3/c1-4-7-11-12-9(6-3)13(10)8-5-2/h4-5,7,9H,2,6,8H2,1,3H3. The summed E-state index contributed by atoms with van der Waals surface area (Å²) in [4.78, 5) is 0. The van der Waals surface area contributed by atoms with Crippen LogP contribution in [-0.4, -0.2) is 14.5 Å². The van der Waals surface area contributed by atoms with Crippen LogP contribution in [0.5, 0.6) is 0 Å². The fourth-order valence-corrected chi connectivity index (χ4v) is 5.01. The zero-order valence-electron chi connectivity index (χ0n) is 8.06. The van der Waals surface area contributed by atoms with Gasteiger partial charge in [0, 0.05) is 16.6 Å². The summed E-state index contributed by atoms with van der Waals surface area (Å²) in [5, 5.41) is 2.01. The van der Waals surface area contributed by atoms with Gasteiger partial charge < -0.3 is 0 Å². The zero-order valence-corrected chi connectivity index (χ0v) is 10.5. The van der Waals surface area contributed by atoms with Gasteiger partial charge in [0.15, 0.2) is 0 Å². The Morgan fingerprint density at radius 1 is 1.62 bits per heavy atom. The van der Waals surface area contributed by atoms with Gasteiger partial charge in [-0.25, -0.2) is 0 Å². The van der Waals surface area contributed by atoms with E-state index in [1.54, 1.807) is 27.7 Å². The monoisotopic (exact) mass is 236 g/mol. The van der Waals surface area contributed by atoms with Gasteiger partial charge in [0.1, 0.15) is 0 Å². The van der Waals surface area contributed by atoms with Crippen LogP contribution >= 0.6 is 21.6 Å². The number of hydrogen-bond donors (Lipinski definition) is 0. The molecule has 0 saturated carbocycles. The van der Waals surface area contributed by atoms with Gasteiger partial charge in [0.25, 0.3) is 0 Å². The molecule has 4 heteroatoms. The molecular formula is C9H16OS3. The van der Waals surface area contributed by atoms with Gasteiger partial charge in [0.2, 0.25) is 0 Å². The van der Waals surface area contributed by atoms with Crippen molar-refractivity contribution < 1.29 is 4.21 Å². The van der Waals surface area contributed by atoms with Crippen LogP contribution in [0.25, 0.3) is 0 Å². The van der Waals surface area contributed by atoms with Crippen LogP contribution in [0.2, 0.25) is 0 Å². The van der Waals surface area contributed by atoms with Crippen molar-refractivity contribution in [3.05, 3.63) is 24.1 Å². The average Bonchev–Trinajstić information content (AvgIpc) is 2.13. The SMILES string of the molecule is C=CCS(=O)C(CC)SSC=CC. The Kier molecular flexibility index (Phi) is 9.13. The maximum atomic E-state index is 11.6. The molecule has 0 bridgehead atoms. The first-order chi connectivity index (χ1) is 6.26. The maximum Gasteiger partial charge on any atom is 0.0908 e. The van der Waals surface area contributed by atoms with E-state index < -0.39 is 10.8 Å². The first kappa shape index (κ1) is 13.3. The maximum absolute atomic E-state index is 11.6. The highest BCUT2D eigenvalue weighted by atomic mass is 33.1. The highest BCUT2D eigenvalue weighted by molar-refractivity contribution is 8.79. The predicted octanol–water partition coefficient (Wildman–Crippen LogP) is 3.57. The Hall–Kier alpha value is 0.330. The van der Waals surface area contributed by atoms with Crippen LogP contribution in [-0.2, 0) is 10.8 Å². The summed E-state index contributed by atoms with van der Waals surface area (Å²) in [6.45, 7) is 7.64. The van der Waals surface area contributed by atoms with E-state index in [4.69, 9.17) is 0 Å². The smallest absolute Gasteiger partial charge is 0.0908 e. The van der Waals surface area contributed by atoms with E-state index in [0.29, 0.717) is 5.75 Å². The molecule has 0 rings (SSSR count). The molecule has 0 radical (unpaired) electrons. The minimum Gasteiger partial charge on any atom is -0.258 e. The van der Waals surface area contributed by atoms with Crippen molar-refractivity contribution in [3.63, 3.8) is 0 Å². The van der Waals surface area contributed by atoms with Crippen LogP contribution in [0, 0.1) is 0 Å². The summed E-state index contributed by atoms with van der Waals surface area (Å²) in [5.74, 6) is 0.599. The highest BCUT2D eigenvalue weighted by Gasteiger charge is 2.13. The summed E-state index contributed by atoms with van der Waals surface area (Å²) >= 11 is 0. The van der Waals surface area contributed by atoms with Gasteiger partial charge in [-0.15, -0.1) is 6.58 Å². The molecule has 0 aliphatic carbocycles. The Balaban J connectivity index is 3.86. The van der Waals surface area contributed by atoms with Crippen molar-refractivity contribution >= 4 is 32.4 Å². The van der Waals surface area contributed by atoms with Gasteiger partial charge in [-0.1, -0.05) is 40.7 Å². The molecule has 0 heterocycles. The van der Waals surface area contributed by atoms with Crippen LogP contribution in [0.1, 0.15) is 20.3 Å². The van der Waals surface area contributed by atoms with Crippen LogP contribution in [0.15, 0.2) is 24.1 Å². The third-order valence-corrected chi connectivity index (χ3v) is 6.45. The lowest BCUT2D eigenvalue weighted by molar-refractivity contribution is 0.681. The van der Waals surface area contributed by atoms with E-state index in [1.807, 2.05) is 18.4 Å². The normalized spacial score (nSPS) is 15.8. The first-order valence-corrected chi connectivity index (χ1v) is 7.83. The molecule has 0 aliphatic rings. The van der Waals surface area contributed by atoms with Gasteiger partial charge >= 0.3 is 0 Å². The second-order valence-electron chi connectivity index (χ2n) is 2.34. The van der Waals surface area contributed by atoms with Crippen molar-refractivity contribution in [2.45, 2.75) is 24.9 Å². The van der Waals surface area contributed by atoms with Crippen molar-refractivity contribution in [2.75, 3.05) is 5.75 Å². The highest BCUT2D eigenvalue weighted by Crippen LogP contribution is 2.31. The molecule has 0 aromatic rings. The molecule has 13 heavy (non-hydrogen) atoms. The molecule has 0 amide bonds. The van der Waals surface area contributed by atoms with E-state index in [2.05, 4.69) is 13.5 Å². The molecule has 0 N–H and O–H groups in total. The topological polar surface area (TPSA) is 17.1 Å². The predicted molar refractivity (Wildman–Crippen MR) is 67.3 cm³/mol. The lowest BCUT2D eigenvalue weighted by atomic mass is 10.6. The Morgan fingerprint density at radius 3 is 2.77 bits per heavy atom. The van der Waals surface area contributed by atoms with Crippen LogP contribution < -0.4 is 0 Å². The van der Waals surface area contributed by atoms with Crippen LogP contribution in [0.4, 0.5) is 0 Å². The first-order valence-electron chi connectivity index (χ1n) is 4.17. The molecule has 0 aliphatic heterocycles. The van der Waals surface area contributed by atoms with Crippen molar-refractivity contribution in [1.29, 1.82) is 0 Å². The number of rotatable bonds is 7. The molecule has 2 unspecified atom stereocenters. The third-order valence-electron chi connectivity index (χ3n) is 1.26. The molecule has 1 nitrogen and oxygen atoms in total. The van der Waals surface area contributed by atoms with E-state index in [9.17, 15) is 4.21 Å². The van der Waals surface area contributed by atoms with Gasteiger partial charge in [-0.3, -0.25) is 4.21 Å². The quantitative estimate of drug-likeness (QED) is 0.497. The van der Waals surface area contributed by atoms with Gasteiger partial charge in [-0.05, 0) is 18.8 Å². The summed E-state index contributed by atoms with van der Waals surface area (Å²) in [7, 11) is 2.55. The van der Waals surface area contributed by atoms with Gasteiger partial charge in [0.05, 0.1) is 4.58 Å². The summed E-state index contributed by atoms with van der Waals surface area (Å²) in [6, 6.07) is 0. The zero-order chi connectivity index (χ0) is 10.1. The largest absolute Gasteiger partial charge is 0.258 e. The molecule has 2 atom stereocenters. The molecule has 0 spiro atoms. The molecule has 76 valence electrons. The lowest BCUT2D eigenvalue weighted by Gasteiger charge is -2.10. The molecular weight excluding hydrogens is 220 g/mol. The molecule has 0 aromatic carbocycles. The molecule has 0 aromatic heterocycles. The van der Waals surface area contributed by atoms with Crippen molar-refractivity contribution in [3.8, 4) is 0 Å². The Labute approximate surface area is 91.3 Å². The van der Waals surface area contributed by atoms with Crippen molar-refractivity contribution in [1.82, 2.24) is 0 Å². The molecule has 0 fully saturated rings. The van der Waals surface area contributed by atoms with E-state index >= 15 is 0 Å². The second-order valence-corrected chi connectivity index (χ2v) is 6.68. The number of hydrogen-bond acceptors (Lipinski definition) is 3. The second kappa shape index (κ2) is 8.91. The van der Waals surface area contributed by atoms with Crippen LogP contribution in [0.3, 0.4) is 0 Å². The summed E-state index contributed by atoms with van der Waals surface area (Å²) in [5.41, 5.74) is 0. The van der Waals surface area contributed by atoms with Crippen molar-refractivity contribution in [2.24, 2.45) is 0 Å². The van der Waals surface area contributed by atoms with E-state index in [1.165, 1.54) is 0 Å². The number of allylic oxidation sites excluding steroid dienone is 1. The third kappa shape index (κ3) is 6.41. The average molecular weight is 236 g/mol. The summed E-state index contributed by atoms with van der Waals surface area (Å²) < 4.78 is 11.8. The fourth-order valence-electron chi connectivity index (χ4n) is 0.671. The summed E-state index contributed by atoms with van der Waals surface area (Å²) in [6.07, 6.45) is 4.65. The lowest BCUT2D eigenvalue weighted by Crippen LogP contribution is -2.10. The minimum absolute atomic E-state index is 0.221. The van der Waals surface area contributed by atoms with E-state index in [0.717, 1.165) is 6.42 Å². The fraction of sp³-hybridized carbons (Fsp3) is 0.556. The Bertz CT molecular complexity index is 189.